The zero-order chi connectivity index (χ0) is 13.8. The van der Waals surface area contributed by atoms with E-state index in [1.165, 1.54) is 24.3 Å². The van der Waals surface area contributed by atoms with Crippen molar-refractivity contribution in [1.29, 1.82) is 0 Å². The summed E-state index contributed by atoms with van der Waals surface area (Å²) in [4.78, 5) is 23.2. The van der Waals surface area contributed by atoms with E-state index in [2.05, 4.69) is 5.32 Å². The van der Waals surface area contributed by atoms with Gasteiger partial charge in [0.05, 0.1) is 11.8 Å². The standard InChI is InChI=1S/C14H14FNO3/c15-9-5-7-10(8-6-9)16-13(17)11-3-1-2-4-12(11)14(18)19/h1-2,5-8,11-12H,3-4H2,(H,16,17)(H,18,19)/t11-,12+/m1/s1. The summed E-state index contributed by atoms with van der Waals surface area (Å²) in [5, 5.41) is 11.7. The summed E-state index contributed by atoms with van der Waals surface area (Å²) in [6.45, 7) is 0. The molecular formula is C14H14FNO3. The highest BCUT2D eigenvalue weighted by atomic mass is 19.1. The summed E-state index contributed by atoms with van der Waals surface area (Å²) in [6.07, 6.45) is 4.36. The molecule has 19 heavy (non-hydrogen) atoms. The molecule has 1 aliphatic carbocycles. The zero-order valence-corrected chi connectivity index (χ0v) is 10.2. The van der Waals surface area contributed by atoms with Crippen molar-refractivity contribution in [2.24, 2.45) is 11.8 Å². The van der Waals surface area contributed by atoms with Crippen LogP contribution >= 0.6 is 0 Å². The third kappa shape index (κ3) is 3.19. The van der Waals surface area contributed by atoms with Gasteiger partial charge in [-0.3, -0.25) is 9.59 Å². The number of carbonyl (C=O) groups excluding carboxylic acids is 1. The summed E-state index contributed by atoms with van der Waals surface area (Å²) in [6, 6.07) is 5.37. The van der Waals surface area contributed by atoms with E-state index in [1.807, 2.05) is 6.08 Å². The van der Waals surface area contributed by atoms with Gasteiger partial charge in [-0.05, 0) is 37.1 Å². The lowest BCUT2D eigenvalue weighted by atomic mass is 9.82. The Labute approximate surface area is 109 Å². The number of carboxylic acid groups (broad SMARTS) is 1. The van der Waals surface area contributed by atoms with Crippen molar-refractivity contribution in [3.05, 3.63) is 42.2 Å². The summed E-state index contributed by atoms with van der Waals surface area (Å²) in [5.74, 6) is -2.99. The van der Waals surface area contributed by atoms with Crippen LogP contribution in [0.1, 0.15) is 12.8 Å². The number of hydrogen-bond acceptors (Lipinski definition) is 2. The van der Waals surface area contributed by atoms with Crippen LogP contribution in [0.25, 0.3) is 0 Å². The number of aliphatic carboxylic acids is 1. The average molecular weight is 263 g/mol. The molecule has 0 saturated heterocycles. The molecule has 2 rings (SSSR count). The van der Waals surface area contributed by atoms with E-state index in [-0.39, 0.29) is 11.7 Å². The lowest BCUT2D eigenvalue weighted by molar-refractivity contribution is -0.146. The van der Waals surface area contributed by atoms with Crippen molar-refractivity contribution in [1.82, 2.24) is 0 Å². The number of benzene rings is 1. The van der Waals surface area contributed by atoms with Crippen LogP contribution in [0.3, 0.4) is 0 Å². The SMILES string of the molecule is O=C(O)[C@H]1CC=CC[C@H]1C(=O)Nc1ccc(F)cc1. The summed E-state index contributed by atoms with van der Waals surface area (Å²) >= 11 is 0. The first kappa shape index (κ1) is 13.3. The van der Waals surface area contributed by atoms with E-state index in [0.717, 1.165) is 0 Å². The third-order valence-electron chi connectivity index (χ3n) is 3.20. The Bertz CT molecular complexity index is 510. The van der Waals surface area contributed by atoms with Gasteiger partial charge in [0.2, 0.25) is 5.91 Å². The minimum atomic E-state index is -0.969. The molecular weight excluding hydrogens is 249 g/mol. The van der Waals surface area contributed by atoms with Crippen molar-refractivity contribution in [3.63, 3.8) is 0 Å². The largest absolute Gasteiger partial charge is 0.481 e. The summed E-state index contributed by atoms with van der Waals surface area (Å²) < 4.78 is 12.7. The fraction of sp³-hybridized carbons (Fsp3) is 0.286. The van der Waals surface area contributed by atoms with Gasteiger partial charge in [0, 0.05) is 5.69 Å². The number of rotatable bonds is 3. The van der Waals surface area contributed by atoms with E-state index in [1.54, 1.807) is 6.08 Å². The lowest BCUT2D eigenvalue weighted by Crippen LogP contribution is -2.34. The van der Waals surface area contributed by atoms with Crippen molar-refractivity contribution in [3.8, 4) is 0 Å². The Hall–Kier alpha value is -2.17. The normalized spacial score (nSPS) is 21.9. The first-order valence-electron chi connectivity index (χ1n) is 6.02. The maximum absolute atomic E-state index is 12.7. The first-order chi connectivity index (χ1) is 9.08. The fourth-order valence-corrected chi connectivity index (χ4v) is 2.15. The Kier molecular flexibility index (Phi) is 3.94. The predicted molar refractivity (Wildman–Crippen MR) is 68.0 cm³/mol. The Morgan fingerprint density at radius 1 is 1.11 bits per heavy atom. The van der Waals surface area contributed by atoms with Gasteiger partial charge in [-0.1, -0.05) is 12.2 Å². The Morgan fingerprint density at radius 2 is 1.68 bits per heavy atom. The van der Waals surface area contributed by atoms with Crippen LogP contribution in [0, 0.1) is 17.7 Å². The lowest BCUT2D eigenvalue weighted by Gasteiger charge is -2.24. The maximum Gasteiger partial charge on any atom is 0.307 e. The first-order valence-corrected chi connectivity index (χ1v) is 6.02. The monoisotopic (exact) mass is 263 g/mol. The smallest absolute Gasteiger partial charge is 0.307 e. The van der Waals surface area contributed by atoms with E-state index in [0.29, 0.717) is 18.5 Å². The topological polar surface area (TPSA) is 66.4 Å². The van der Waals surface area contributed by atoms with Gasteiger partial charge in [-0.25, -0.2) is 4.39 Å². The van der Waals surface area contributed by atoms with E-state index >= 15 is 0 Å². The highest BCUT2D eigenvalue weighted by molar-refractivity contribution is 5.95. The molecule has 5 heteroatoms. The molecule has 2 N–H and O–H groups in total. The Morgan fingerprint density at radius 3 is 2.26 bits per heavy atom. The molecule has 0 bridgehead atoms. The second-order valence-electron chi connectivity index (χ2n) is 4.49. The van der Waals surface area contributed by atoms with Crippen LogP contribution in [0.15, 0.2) is 36.4 Å². The van der Waals surface area contributed by atoms with Crippen molar-refractivity contribution in [2.75, 3.05) is 5.32 Å². The minimum Gasteiger partial charge on any atom is -0.481 e. The molecule has 1 amide bonds. The number of carbonyl (C=O) groups is 2. The summed E-state index contributed by atoms with van der Waals surface area (Å²) in [7, 11) is 0. The second kappa shape index (κ2) is 5.65. The van der Waals surface area contributed by atoms with Crippen molar-refractivity contribution in [2.45, 2.75) is 12.8 Å². The zero-order valence-electron chi connectivity index (χ0n) is 10.2. The van der Waals surface area contributed by atoms with Gasteiger partial charge < -0.3 is 10.4 Å². The van der Waals surface area contributed by atoms with Gasteiger partial charge in [-0.2, -0.15) is 0 Å². The molecule has 0 aromatic heterocycles. The number of amides is 1. The average Bonchev–Trinajstić information content (AvgIpc) is 2.41. The van der Waals surface area contributed by atoms with Crippen LogP contribution in [-0.2, 0) is 9.59 Å². The van der Waals surface area contributed by atoms with E-state index < -0.39 is 17.8 Å². The molecule has 0 spiro atoms. The van der Waals surface area contributed by atoms with Crippen LogP contribution < -0.4 is 5.32 Å². The number of allylic oxidation sites excluding steroid dienone is 2. The third-order valence-corrected chi connectivity index (χ3v) is 3.20. The molecule has 0 aliphatic heterocycles. The predicted octanol–water partition coefficient (Wildman–Crippen LogP) is 2.43. The van der Waals surface area contributed by atoms with Crippen LogP contribution in [0.5, 0.6) is 0 Å². The molecule has 0 radical (unpaired) electrons. The number of halogens is 1. The molecule has 0 saturated carbocycles. The maximum atomic E-state index is 12.7. The van der Waals surface area contributed by atoms with Crippen LogP contribution in [0.2, 0.25) is 0 Å². The quantitative estimate of drug-likeness (QED) is 0.823. The molecule has 0 heterocycles. The highest BCUT2D eigenvalue weighted by Gasteiger charge is 2.33. The highest BCUT2D eigenvalue weighted by Crippen LogP contribution is 2.27. The van der Waals surface area contributed by atoms with Crippen LogP contribution in [-0.4, -0.2) is 17.0 Å². The van der Waals surface area contributed by atoms with Crippen LogP contribution in [0.4, 0.5) is 10.1 Å². The molecule has 4 nitrogen and oxygen atoms in total. The molecule has 1 aromatic rings. The number of carboxylic acids is 1. The number of anilines is 1. The summed E-state index contributed by atoms with van der Waals surface area (Å²) in [5.41, 5.74) is 0.463. The van der Waals surface area contributed by atoms with Gasteiger partial charge in [0.1, 0.15) is 5.82 Å². The molecule has 0 fully saturated rings. The second-order valence-corrected chi connectivity index (χ2v) is 4.49. The molecule has 2 atom stereocenters. The molecule has 1 aromatic carbocycles. The van der Waals surface area contributed by atoms with Crippen molar-refractivity contribution < 1.29 is 19.1 Å². The van der Waals surface area contributed by atoms with Gasteiger partial charge in [-0.15, -0.1) is 0 Å². The van der Waals surface area contributed by atoms with Gasteiger partial charge >= 0.3 is 5.97 Å². The molecule has 1 aliphatic rings. The Balaban J connectivity index is 2.08. The minimum absolute atomic E-state index is 0.344. The van der Waals surface area contributed by atoms with E-state index in [4.69, 9.17) is 5.11 Å². The molecule has 100 valence electrons. The fourth-order valence-electron chi connectivity index (χ4n) is 2.15. The number of nitrogens with one attached hydrogen (secondary N) is 1. The van der Waals surface area contributed by atoms with Crippen molar-refractivity contribution >= 4 is 17.6 Å². The van der Waals surface area contributed by atoms with Gasteiger partial charge in [0.15, 0.2) is 0 Å². The number of hydrogen-bond donors (Lipinski definition) is 2. The van der Waals surface area contributed by atoms with Gasteiger partial charge in [0.25, 0.3) is 0 Å². The molecule has 0 unspecified atom stereocenters. The van der Waals surface area contributed by atoms with E-state index in [9.17, 15) is 14.0 Å².